The molecule has 0 unspecified atom stereocenters. The van der Waals surface area contributed by atoms with Gasteiger partial charge in [0, 0.05) is 51.9 Å². The van der Waals surface area contributed by atoms with Gasteiger partial charge in [-0.05, 0) is 31.0 Å². The van der Waals surface area contributed by atoms with E-state index in [9.17, 15) is 9.59 Å². The van der Waals surface area contributed by atoms with Gasteiger partial charge in [-0.15, -0.1) is 0 Å². The van der Waals surface area contributed by atoms with Crippen LogP contribution in [0.25, 0.3) is 0 Å². The zero-order valence-corrected chi connectivity index (χ0v) is 14.9. The number of carbonyl (C=O) groups is 2. The van der Waals surface area contributed by atoms with Gasteiger partial charge in [0.25, 0.3) is 0 Å². The lowest BCUT2D eigenvalue weighted by atomic mass is 10.1. The number of rotatable bonds is 6. The highest BCUT2D eigenvalue weighted by Crippen LogP contribution is 2.17. The highest BCUT2D eigenvalue weighted by atomic mass is 16.2. The molecule has 0 bridgehead atoms. The van der Waals surface area contributed by atoms with E-state index in [1.54, 1.807) is 0 Å². The molecule has 0 atom stereocenters. The first-order valence-electron chi connectivity index (χ1n) is 8.51. The third-order valence-electron chi connectivity index (χ3n) is 4.51. The molecule has 0 aliphatic carbocycles. The molecule has 1 heterocycles. The third-order valence-corrected chi connectivity index (χ3v) is 4.51. The van der Waals surface area contributed by atoms with Crippen LogP contribution in [0, 0.1) is 13.8 Å². The molecule has 132 valence electrons. The average Bonchev–Trinajstić information content (AvgIpc) is 2.53. The van der Waals surface area contributed by atoms with Crippen LogP contribution in [0.15, 0.2) is 18.2 Å². The van der Waals surface area contributed by atoms with Gasteiger partial charge in [-0.2, -0.15) is 0 Å². The second-order valence-electron chi connectivity index (χ2n) is 6.40. The van der Waals surface area contributed by atoms with Crippen molar-refractivity contribution in [3.05, 3.63) is 29.3 Å². The standard InChI is InChI=1S/C18H28N4O2/c1-14-5-4-6-17(15(14)2)20-18(24)13-22-11-9-21(10-12-22)8-7-19-16(3)23/h4-6H,7-13H2,1-3H3,(H,19,23)(H,20,24). The summed E-state index contributed by atoms with van der Waals surface area (Å²) in [5, 5.41) is 5.83. The quantitative estimate of drug-likeness (QED) is 0.816. The average molecular weight is 332 g/mol. The Hall–Kier alpha value is -1.92. The molecule has 2 rings (SSSR count). The van der Waals surface area contributed by atoms with Gasteiger partial charge in [0.2, 0.25) is 11.8 Å². The van der Waals surface area contributed by atoms with Crippen molar-refractivity contribution in [2.24, 2.45) is 0 Å². The second kappa shape index (κ2) is 8.80. The Morgan fingerprint density at radius 2 is 1.75 bits per heavy atom. The maximum absolute atomic E-state index is 12.3. The molecule has 0 saturated carbocycles. The molecular formula is C18H28N4O2. The topological polar surface area (TPSA) is 64.7 Å². The van der Waals surface area contributed by atoms with Crippen LogP contribution >= 0.6 is 0 Å². The SMILES string of the molecule is CC(=O)NCCN1CCN(CC(=O)Nc2cccc(C)c2C)CC1. The first kappa shape index (κ1) is 18.4. The number of piperazine rings is 1. The second-order valence-corrected chi connectivity index (χ2v) is 6.40. The minimum atomic E-state index is 0.0109. The summed E-state index contributed by atoms with van der Waals surface area (Å²) in [5.41, 5.74) is 3.20. The molecule has 0 aromatic heterocycles. The fourth-order valence-electron chi connectivity index (χ4n) is 2.84. The molecule has 1 fully saturated rings. The molecule has 6 nitrogen and oxygen atoms in total. The Morgan fingerprint density at radius 1 is 1.08 bits per heavy atom. The fourth-order valence-corrected chi connectivity index (χ4v) is 2.84. The number of nitrogens with zero attached hydrogens (tertiary/aromatic N) is 2. The van der Waals surface area contributed by atoms with Gasteiger partial charge in [0.1, 0.15) is 0 Å². The van der Waals surface area contributed by atoms with Gasteiger partial charge in [-0.3, -0.25) is 19.4 Å². The highest BCUT2D eigenvalue weighted by molar-refractivity contribution is 5.93. The molecular weight excluding hydrogens is 304 g/mol. The number of carbonyl (C=O) groups excluding carboxylic acids is 2. The molecule has 1 aromatic carbocycles. The van der Waals surface area contributed by atoms with E-state index in [0.29, 0.717) is 13.1 Å². The van der Waals surface area contributed by atoms with E-state index in [2.05, 4.69) is 20.4 Å². The van der Waals surface area contributed by atoms with E-state index < -0.39 is 0 Å². The summed E-state index contributed by atoms with van der Waals surface area (Å²) in [6, 6.07) is 5.96. The number of benzene rings is 1. The molecule has 24 heavy (non-hydrogen) atoms. The van der Waals surface area contributed by atoms with Crippen molar-refractivity contribution in [1.82, 2.24) is 15.1 Å². The summed E-state index contributed by atoms with van der Waals surface area (Å²) in [7, 11) is 0. The minimum absolute atomic E-state index is 0.0109. The van der Waals surface area contributed by atoms with Crippen molar-refractivity contribution in [2.75, 3.05) is 51.1 Å². The Labute approximate surface area is 144 Å². The number of hydrogen-bond donors (Lipinski definition) is 2. The van der Waals surface area contributed by atoms with Crippen molar-refractivity contribution in [3.8, 4) is 0 Å². The smallest absolute Gasteiger partial charge is 0.238 e. The molecule has 1 aromatic rings. The van der Waals surface area contributed by atoms with E-state index in [1.807, 2.05) is 32.0 Å². The Bertz CT molecular complexity index is 580. The van der Waals surface area contributed by atoms with E-state index >= 15 is 0 Å². The highest BCUT2D eigenvalue weighted by Gasteiger charge is 2.19. The van der Waals surface area contributed by atoms with Gasteiger partial charge in [0.05, 0.1) is 6.54 Å². The van der Waals surface area contributed by atoms with Crippen LogP contribution < -0.4 is 10.6 Å². The lowest BCUT2D eigenvalue weighted by Crippen LogP contribution is -2.50. The van der Waals surface area contributed by atoms with Gasteiger partial charge in [-0.25, -0.2) is 0 Å². The molecule has 6 heteroatoms. The van der Waals surface area contributed by atoms with Gasteiger partial charge in [-0.1, -0.05) is 12.1 Å². The van der Waals surface area contributed by atoms with Crippen molar-refractivity contribution < 1.29 is 9.59 Å². The van der Waals surface area contributed by atoms with E-state index in [1.165, 1.54) is 12.5 Å². The maximum atomic E-state index is 12.3. The number of amides is 2. The summed E-state index contributed by atoms with van der Waals surface area (Å²) >= 11 is 0. The fraction of sp³-hybridized carbons (Fsp3) is 0.556. The van der Waals surface area contributed by atoms with Crippen molar-refractivity contribution in [2.45, 2.75) is 20.8 Å². The maximum Gasteiger partial charge on any atom is 0.238 e. The van der Waals surface area contributed by atoms with E-state index in [-0.39, 0.29) is 11.8 Å². The van der Waals surface area contributed by atoms with Crippen LogP contribution in [0.5, 0.6) is 0 Å². The van der Waals surface area contributed by atoms with Crippen molar-refractivity contribution in [1.29, 1.82) is 0 Å². The normalized spacial score (nSPS) is 16.0. The largest absolute Gasteiger partial charge is 0.355 e. The molecule has 1 aliphatic heterocycles. The van der Waals surface area contributed by atoms with E-state index in [4.69, 9.17) is 0 Å². The molecule has 1 aliphatic rings. The van der Waals surface area contributed by atoms with Crippen LogP contribution in [-0.4, -0.2) is 67.4 Å². The minimum Gasteiger partial charge on any atom is -0.355 e. The number of nitrogens with one attached hydrogen (secondary N) is 2. The lowest BCUT2D eigenvalue weighted by Gasteiger charge is -2.34. The zero-order chi connectivity index (χ0) is 17.5. The van der Waals surface area contributed by atoms with Crippen molar-refractivity contribution >= 4 is 17.5 Å². The Morgan fingerprint density at radius 3 is 2.42 bits per heavy atom. The summed E-state index contributed by atoms with van der Waals surface area (Å²) in [4.78, 5) is 27.6. The first-order valence-corrected chi connectivity index (χ1v) is 8.51. The number of hydrogen-bond acceptors (Lipinski definition) is 4. The Kier molecular flexibility index (Phi) is 6.75. The zero-order valence-electron chi connectivity index (χ0n) is 14.9. The summed E-state index contributed by atoms with van der Waals surface area (Å²) in [6.07, 6.45) is 0. The molecule has 0 spiro atoms. The molecule has 2 amide bonds. The van der Waals surface area contributed by atoms with Crippen LogP contribution in [0.1, 0.15) is 18.1 Å². The van der Waals surface area contributed by atoms with E-state index in [0.717, 1.165) is 44.0 Å². The summed E-state index contributed by atoms with van der Waals surface area (Å²) in [6.45, 7) is 11.2. The predicted octanol–water partition coefficient (Wildman–Crippen LogP) is 0.996. The van der Waals surface area contributed by atoms with Crippen molar-refractivity contribution in [3.63, 3.8) is 0 Å². The van der Waals surface area contributed by atoms with Crippen LogP contribution in [0.4, 0.5) is 5.69 Å². The van der Waals surface area contributed by atoms with Crippen LogP contribution in [0.3, 0.4) is 0 Å². The first-order chi connectivity index (χ1) is 11.5. The monoisotopic (exact) mass is 332 g/mol. The lowest BCUT2D eigenvalue weighted by molar-refractivity contribution is -0.119. The van der Waals surface area contributed by atoms with Gasteiger partial charge < -0.3 is 10.6 Å². The third kappa shape index (κ3) is 5.62. The van der Waals surface area contributed by atoms with Gasteiger partial charge >= 0.3 is 0 Å². The van der Waals surface area contributed by atoms with Crippen LogP contribution in [-0.2, 0) is 9.59 Å². The molecule has 1 saturated heterocycles. The van der Waals surface area contributed by atoms with Gasteiger partial charge in [0.15, 0.2) is 0 Å². The summed E-state index contributed by atoms with van der Waals surface area (Å²) < 4.78 is 0. The predicted molar refractivity (Wildman–Crippen MR) is 96.1 cm³/mol. The Balaban J connectivity index is 1.72. The van der Waals surface area contributed by atoms with Crippen LogP contribution in [0.2, 0.25) is 0 Å². The molecule has 2 N–H and O–H groups in total. The number of anilines is 1. The molecule has 0 radical (unpaired) electrons. The number of aryl methyl sites for hydroxylation is 1. The summed E-state index contributed by atoms with van der Waals surface area (Å²) in [5.74, 6) is 0.0483.